The highest BCUT2D eigenvalue weighted by Gasteiger charge is 2.49. The van der Waals surface area contributed by atoms with Crippen LogP contribution in [0.25, 0.3) is 0 Å². The number of hydrogen-bond donors (Lipinski definition) is 1. The predicted octanol–water partition coefficient (Wildman–Crippen LogP) is 4.34. The number of fused-ring (bicyclic) bond motifs is 3. The maximum atomic E-state index is 13.9. The van der Waals surface area contributed by atoms with E-state index in [1.54, 1.807) is 11.8 Å². The van der Waals surface area contributed by atoms with E-state index in [1.165, 1.54) is 11.7 Å². The number of aromatic nitrogens is 2. The molecule has 1 aromatic heterocycles. The summed E-state index contributed by atoms with van der Waals surface area (Å²) in [7, 11) is 1.25. The van der Waals surface area contributed by atoms with Gasteiger partial charge in [-0.3, -0.25) is 14.2 Å². The van der Waals surface area contributed by atoms with Gasteiger partial charge in [0.15, 0.2) is 5.69 Å². The zero-order chi connectivity index (χ0) is 25.8. The third kappa shape index (κ3) is 3.82. The number of halogens is 3. The summed E-state index contributed by atoms with van der Waals surface area (Å²) in [6.07, 6.45) is -4.72. The molecule has 36 heavy (non-hydrogen) atoms. The molecule has 1 N–H and O–H groups in total. The monoisotopic (exact) mass is 517 g/mol. The average Bonchev–Trinajstić information content (AvgIpc) is 3.02. The fourth-order valence-electron chi connectivity index (χ4n) is 5.00. The van der Waals surface area contributed by atoms with Crippen molar-refractivity contribution in [2.45, 2.75) is 41.7 Å². The van der Waals surface area contributed by atoms with Crippen LogP contribution in [-0.4, -0.2) is 51.3 Å². The van der Waals surface area contributed by atoms with Crippen LogP contribution in [0.4, 0.5) is 13.2 Å². The standard InChI is InChI=1S/C25H22F3N3O4S/c1-13(25(26,27)28)30-11-17(31-20(23(30)34)21(32)22(33)29-24(31)35-2)19-15-8-4-3-7-14(15)12-36-18-10-6-5-9-16(18)19/h3-10,13,17,19,32H,11-12H2,1-2H3/t13-,17?,19?/m1/s1. The van der Waals surface area contributed by atoms with Gasteiger partial charge in [0.25, 0.3) is 5.91 Å². The van der Waals surface area contributed by atoms with Gasteiger partial charge in [-0.05, 0) is 29.7 Å². The molecule has 0 bridgehead atoms. The molecule has 0 spiro atoms. The highest BCUT2D eigenvalue weighted by atomic mass is 32.2. The second-order valence-electron chi connectivity index (χ2n) is 8.72. The number of amides is 1. The Morgan fingerprint density at radius 2 is 1.78 bits per heavy atom. The molecule has 1 amide bonds. The number of carbonyl (C=O) groups excluding carboxylic acids is 1. The molecular weight excluding hydrogens is 495 g/mol. The van der Waals surface area contributed by atoms with Crippen molar-refractivity contribution in [3.8, 4) is 11.8 Å². The zero-order valence-corrected chi connectivity index (χ0v) is 20.1. The molecule has 2 aromatic carbocycles. The van der Waals surface area contributed by atoms with Gasteiger partial charge in [0.2, 0.25) is 5.75 Å². The summed E-state index contributed by atoms with van der Waals surface area (Å²) in [6.45, 7) is 0.550. The molecule has 0 radical (unpaired) electrons. The van der Waals surface area contributed by atoms with E-state index < -0.39 is 47.1 Å². The zero-order valence-electron chi connectivity index (χ0n) is 19.3. The van der Waals surface area contributed by atoms with Crippen LogP contribution in [0.5, 0.6) is 11.8 Å². The minimum absolute atomic E-state index is 0.252. The van der Waals surface area contributed by atoms with Crippen molar-refractivity contribution in [3.05, 3.63) is 81.3 Å². The van der Waals surface area contributed by atoms with Gasteiger partial charge in [-0.2, -0.15) is 18.2 Å². The Bertz CT molecular complexity index is 1360. The first kappa shape index (κ1) is 24.2. The second kappa shape index (κ2) is 8.88. The average molecular weight is 518 g/mol. The van der Waals surface area contributed by atoms with E-state index in [1.807, 2.05) is 48.5 Å². The van der Waals surface area contributed by atoms with Crippen molar-refractivity contribution in [3.63, 3.8) is 0 Å². The van der Waals surface area contributed by atoms with Crippen molar-refractivity contribution in [1.82, 2.24) is 14.5 Å². The molecule has 188 valence electrons. The Morgan fingerprint density at radius 1 is 1.11 bits per heavy atom. The number of hydrogen-bond acceptors (Lipinski definition) is 6. The van der Waals surface area contributed by atoms with Crippen LogP contribution in [0.15, 0.2) is 58.2 Å². The Hall–Kier alpha value is -3.47. The number of rotatable bonds is 3. The number of aromatic hydroxyl groups is 1. The molecule has 0 saturated heterocycles. The Kier molecular flexibility index (Phi) is 5.98. The number of alkyl halides is 3. The predicted molar refractivity (Wildman–Crippen MR) is 127 cm³/mol. The fourth-order valence-corrected chi connectivity index (χ4v) is 6.11. The largest absolute Gasteiger partial charge is 0.501 e. The summed E-state index contributed by atoms with van der Waals surface area (Å²) in [5.74, 6) is -2.00. The highest BCUT2D eigenvalue weighted by Crippen LogP contribution is 2.49. The lowest BCUT2D eigenvalue weighted by Gasteiger charge is -2.43. The second-order valence-corrected chi connectivity index (χ2v) is 9.73. The summed E-state index contributed by atoms with van der Waals surface area (Å²) in [6, 6.07) is 12.0. The molecule has 0 aliphatic carbocycles. The number of thioether (sulfide) groups is 1. The lowest BCUT2D eigenvalue weighted by Crippen LogP contribution is -2.54. The molecule has 7 nitrogen and oxygen atoms in total. The Balaban J connectivity index is 1.83. The topological polar surface area (TPSA) is 84.7 Å². The van der Waals surface area contributed by atoms with E-state index >= 15 is 0 Å². The molecule has 2 unspecified atom stereocenters. The summed E-state index contributed by atoms with van der Waals surface area (Å²) in [4.78, 5) is 31.1. The van der Waals surface area contributed by atoms with Gasteiger partial charge in [0.05, 0.1) is 13.2 Å². The van der Waals surface area contributed by atoms with Crippen LogP contribution < -0.4 is 10.3 Å². The van der Waals surface area contributed by atoms with E-state index in [-0.39, 0.29) is 12.6 Å². The quantitative estimate of drug-likeness (QED) is 0.557. The summed E-state index contributed by atoms with van der Waals surface area (Å²) in [5.41, 5.74) is 1.02. The molecule has 0 fully saturated rings. The van der Waals surface area contributed by atoms with Crippen LogP contribution in [0.1, 0.15) is 46.1 Å². The maximum absolute atomic E-state index is 13.9. The lowest BCUT2D eigenvalue weighted by atomic mass is 9.81. The minimum Gasteiger partial charge on any atom is -0.501 e. The fraction of sp³-hybridized carbons (Fsp3) is 0.320. The van der Waals surface area contributed by atoms with Gasteiger partial charge < -0.3 is 14.7 Å². The molecule has 5 rings (SSSR count). The third-order valence-electron chi connectivity index (χ3n) is 6.79. The number of ether oxygens (including phenoxy) is 1. The first-order chi connectivity index (χ1) is 17.1. The van der Waals surface area contributed by atoms with Crippen LogP contribution in [0, 0.1) is 0 Å². The van der Waals surface area contributed by atoms with E-state index in [9.17, 15) is 27.9 Å². The number of nitrogens with zero attached hydrogens (tertiary/aromatic N) is 3. The van der Waals surface area contributed by atoms with Crippen molar-refractivity contribution in [1.29, 1.82) is 0 Å². The van der Waals surface area contributed by atoms with Gasteiger partial charge in [0.1, 0.15) is 6.04 Å². The van der Waals surface area contributed by atoms with Crippen molar-refractivity contribution in [2.75, 3.05) is 13.7 Å². The number of carbonyl (C=O) groups is 1. The molecule has 11 heteroatoms. The van der Waals surface area contributed by atoms with Crippen molar-refractivity contribution >= 4 is 17.7 Å². The van der Waals surface area contributed by atoms with Gasteiger partial charge in [-0.15, -0.1) is 11.8 Å². The number of benzene rings is 2. The van der Waals surface area contributed by atoms with E-state index in [4.69, 9.17) is 4.74 Å². The van der Waals surface area contributed by atoms with Gasteiger partial charge >= 0.3 is 17.7 Å². The smallest absolute Gasteiger partial charge is 0.408 e. The van der Waals surface area contributed by atoms with Crippen LogP contribution >= 0.6 is 11.8 Å². The molecule has 2 aliphatic rings. The molecular formula is C25H22F3N3O4S. The van der Waals surface area contributed by atoms with E-state index in [2.05, 4.69) is 4.98 Å². The molecule has 3 atom stereocenters. The minimum atomic E-state index is -4.72. The summed E-state index contributed by atoms with van der Waals surface area (Å²) >= 11 is 1.61. The molecule has 3 heterocycles. The highest BCUT2D eigenvalue weighted by molar-refractivity contribution is 7.98. The molecule has 3 aromatic rings. The van der Waals surface area contributed by atoms with Gasteiger partial charge in [-0.25, -0.2) is 0 Å². The van der Waals surface area contributed by atoms with Crippen molar-refractivity contribution < 1.29 is 27.8 Å². The van der Waals surface area contributed by atoms with Crippen LogP contribution in [0.3, 0.4) is 0 Å². The first-order valence-electron chi connectivity index (χ1n) is 11.2. The van der Waals surface area contributed by atoms with Crippen LogP contribution in [0.2, 0.25) is 0 Å². The summed E-state index contributed by atoms with van der Waals surface area (Å²) < 4.78 is 48.2. The first-order valence-corrected chi connectivity index (χ1v) is 12.2. The van der Waals surface area contributed by atoms with Gasteiger partial charge in [0, 0.05) is 23.1 Å². The number of methoxy groups -OCH3 is 1. The Labute approximate surface area is 208 Å². The summed E-state index contributed by atoms with van der Waals surface area (Å²) in [5, 5.41) is 10.6. The normalized spacial score (nSPS) is 20.1. The van der Waals surface area contributed by atoms with Crippen LogP contribution in [-0.2, 0) is 5.75 Å². The Morgan fingerprint density at radius 3 is 2.47 bits per heavy atom. The van der Waals surface area contributed by atoms with Gasteiger partial charge in [-0.1, -0.05) is 42.5 Å². The molecule has 2 aliphatic heterocycles. The SMILES string of the molecule is COc1nc(=O)c(O)c2n1C(C1c3ccccc3CSc3ccccc31)CN([C@H](C)C(F)(F)F)C2=O. The lowest BCUT2D eigenvalue weighted by molar-refractivity contribution is -0.174. The third-order valence-corrected chi connectivity index (χ3v) is 7.92. The van der Waals surface area contributed by atoms with E-state index in [0.29, 0.717) is 10.7 Å². The molecule has 0 saturated carbocycles. The van der Waals surface area contributed by atoms with E-state index in [0.717, 1.165) is 28.5 Å². The van der Waals surface area contributed by atoms with Crippen molar-refractivity contribution in [2.24, 2.45) is 0 Å². The maximum Gasteiger partial charge on any atom is 0.408 e.